The molecule has 1 aliphatic carbocycles. The highest BCUT2D eigenvalue weighted by atomic mass is 32.1. The number of rotatable bonds is 4. The number of hydrogen-bond acceptors (Lipinski definition) is 5. The molecule has 5 rings (SSSR count). The molecule has 1 fully saturated rings. The van der Waals surface area contributed by atoms with Gasteiger partial charge in [0.2, 0.25) is 0 Å². The molecule has 5 nitrogen and oxygen atoms in total. The standard InChI is InChI=1S/C25H23NO4S/c1-15-10-12-31-24(15)21-20(23(28)25(29)26(21)14-19-7-4-11-30-19)22(27)18-9-8-16-5-2-3-6-17(16)13-18/h4,7-13,21,27H,2-3,5-6,14H2,1H3/b22-20-. The number of ketones is 1. The Morgan fingerprint density at radius 1 is 1.16 bits per heavy atom. The topological polar surface area (TPSA) is 70.8 Å². The summed E-state index contributed by atoms with van der Waals surface area (Å²) in [6, 6.07) is 10.7. The first-order valence-electron chi connectivity index (χ1n) is 10.5. The monoisotopic (exact) mass is 433 g/mol. The van der Waals surface area contributed by atoms with Crippen LogP contribution in [-0.4, -0.2) is 21.7 Å². The molecule has 158 valence electrons. The van der Waals surface area contributed by atoms with Crippen molar-refractivity contribution in [1.82, 2.24) is 4.90 Å². The van der Waals surface area contributed by atoms with Gasteiger partial charge in [-0.15, -0.1) is 11.3 Å². The van der Waals surface area contributed by atoms with Crippen LogP contribution in [0, 0.1) is 6.92 Å². The van der Waals surface area contributed by atoms with Gasteiger partial charge in [-0.1, -0.05) is 12.1 Å². The Morgan fingerprint density at radius 2 is 1.97 bits per heavy atom. The van der Waals surface area contributed by atoms with Gasteiger partial charge < -0.3 is 14.4 Å². The zero-order valence-electron chi connectivity index (χ0n) is 17.3. The lowest BCUT2D eigenvalue weighted by Gasteiger charge is -2.24. The Morgan fingerprint density at radius 3 is 2.68 bits per heavy atom. The lowest BCUT2D eigenvalue weighted by molar-refractivity contribution is -0.140. The van der Waals surface area contributed by atoms with Gasteiger partial charge in [0.05, 0.1) is 18.4 Å². The molecule has 3 heterocycles. The van der Waals surface area contributed by atoms with Crippen molar-refractivity contribution in [2.75, 3.05) is 0 Å². The van der Waals surface area contributed by atoms with Crippen LogP contribution in [0.25, 0.3) is 5.76 Å². The summed E-state index contributed by atoms with van der Waals surface area (Å²) in [5, 5.41) is 13.2. The second kappa shape index (κ2) is 7.85. The van der Waals surface area contributed by atoms with Crippen LogP contribution < -0.4 is 0 Å². The van der Waals surface area contributed by atoms with Crippen molar-refractivity contribution in [3.05, 3.63) is 86.5 Å². The van der Waals surface area contributed by atoms with Crippen molar-refractivity contribution in [3.63, 3.8) is 0 Å². The van der Waals surface area contributed by atoms with Gasteiger partial charge in [-0.3, -0.25) is 9.59 Å². The molecular weight excluding hydrogens is 410 g/mol. The van der Waals surface area contributed by atoms with Crippen LogP contribution >= 0.6 is 11.3 Å². The fraction of sp³-hybridized carbons (Fsp3) is 0.280. The van der Waals surface area contributed by atoms with E-state index in [1.54, 1.807) is 18.4 Å². The Kier molecular flexibility index (Phi) is 5.02. The van der Waals surface area contributed by atoms with Crippen molar-refractivity contribution in [2.24, 2.45) is 0 Å². The third kappa shape index (κ3) is 3.41. The molecule has 1 N–H and O–H groups in total. The molecule has 6 heteroatoms. The number of aliphatic hydroxyl groups is 1. The SMILES string of the molecule is Cc1ccsc1C1/C(=C(/O)c2ccc3c(c2)CCCC3)C(=O)C(=O)N1Cc1ccco1. The molecule has 2 aliphatic rings. The second-order valence-electron chi connectivity index (χ2n) is 8.16. The van der Waals surface area contributed by atoms with Crippen LogP contribution in [-0.2, 0) is 29.0 Å². The number of hydrogen-bond donors (Lipinski definition) is 1. The van der Waals surface area contributed by atoms with E-state index in [0.717, 1.165) is 29.7 Å². The maximum absolute atomic E-state index is 13.1. The normalized spacial score (nSPS) is 20.3. The van der Waals surface area contributed by atoms with Crippen LogP contribution in [0.1, 0.15) is 51.8 Å². The molecule has 0 saturated carbocycles. The van der Waals surface area contributed by atoms with Crippen molar-refractivity contribution < 1.29 is 19.1 Å². The van der Waals surface area contributed by atoms with Crippen molar-refractivity contribution in [1.29, 1.82) is 0 Å². The number of aryl methyl sites for hydroxylation is 3. The summed E-state index contributed by atoms with van der Waals surface area (Å²) < 4.78 is 5.44. The molecule has 0 radical (unpaired) electrons. The van der Waals surface area contributed by atoms with E-state index in [0.29, 0.717) is 11.3 Å². The minimum atomic E-state index is -0.653. The average Bonchev–Trinajstić information content (AvgIpc) is 3.50. The maximum Gasteiger partial charge on any atom is 0.296 e. The molecule has 2 aromatic heterocycles. The Balaban J connectivity index is 1.64. The molecule has 3 aromatic rings. The summed E-state index contributed by atoms with van der Waals surface area (Å²) in [4.78, 5) is 28.5. The van der Waals surface area contributed by atoms with E-state index in [2.05, 4.69) is 0 Å². The predicted octanol–water partition coefficient (Wildman–Crippen LogP) is 5.15. The lowest BCUT2D eigenvalue weighted by Crippen LogP contribution is -2.28. The van der Waals surface area contributed by atoms with Crippen molar-refractivity contribution in [3.8, 4) is 0 Å². The lowest BCUT2D eigenvalue weighted by atomic mass is 9.89. The fourth-order valence-electron chi connectivity index (χ4n) is 4.59. The van der Waals surface area contributed by atoms with Crippen LogP contribution in [0.15, 0.2) is 58.0 Å². The van der Waals surface area contributed by atoms with Crippen LogP contribution in [0.5, 0.6) is 0 Å². The number of fused-ring (bicyclic) bond motifs is 1. The van der Waals surface area contributed by atoms with Crippen molar-refractivity contribution >= 4 is 28.8 Å². The molecule has 1 aromatic carbocycles. The number of likely N-dealkylation sites (tertiary alicyclic amines) is 1. The molecule has 1 amide bonds. The van der Waals surface area contributed by atoms with Gasteiger partial charge in [0, 0.05) is 10.4 Å². The fourth-order valence-corrected chi connectivity index (χ4v) is 5.63. The Labute approximate surface area is 184 Å². The van der Waals surface area contributed by atoms with Gasteiger partial charge in [-0.2, -0.15) is 0 Å². The predicted molar refractivity (Wildman–Crippen MR) is 119 cm³/mol. The van der Waals surface area contributed by atoms with Crippen LogP contribution in [0.2, 0.25) is 0 Å². The molecule has 1 unspecified atom stereocenters. The zero-order valence-corrected chi connectivity index (χ0v) is 18.1. The maximum atomic E-state index is 13.1. The number of amides is 1. The van der Waals surface area contributed by atoms with Gasteiger partial charge >= 0.3 is 0 Å². The number of furan rings is 1. The molecule has 1 saturated heterocycles. The van der Waals surface area contributed by atoms with E-state index in [4.69, 9.17) is 4.42 Å². The number of carbonyl (C=O) groups excluding carboxylic acids is 2. The minimum Gasteiger partial charge on any atom is -0.507 e. The third-order valence-corrected chi connectivity index (χ3v) is 7.29. The second-order valence-corrected chi connectivity index (χ2v) is 9.11. The Bertz CT molecular complexity index is 1190. The van der Waals surface area contributed by atoms with Gasteiger partial charge in [-0.25, -0.2) is 0 Å². The first kappa shape index (κ1) is 19.8. The van der Waals surface area contributed by atoms with Gasteiger partial charge in [0.15, 0.2) is 0 Å². The van der Waals surface area contributed by atoms with E-state index >= 15 is 0 Å². The van der Waals surface area contributed by atoms with Gasteiger partial charge in [0.1, 0.15) is 17.6 Å². The van der Waals surface area contributed by atoms with E-state index in [1.807, 2.05) is 36.6 Å². The smallest absolute Gasteiger partial charge is 0.296 e. The first-order chi connectivity index (χ1) is 15.0. The number of aliphatic hydroxyl groups excluding tert-OH is 1. The molecule has 1 aliphatic heterocycles. The molecule has 0 spiro atoms. The molecule has 31 heavy (non-hydrogen) atoms. The summed E-state index contributed by atoms with van der Waals surface area (Å²) in [5.41, 5.74) is 4.24. The quantitative estimate of drug-likeness (QED) is 0.351. The summed E-state index contributed by atoms with van der Waals surface area (Å²) in [7, 11) is 0. The van der Waals surface area contributed by atoms with Crippen LogP contribution in [0.4, 0.5) is 0 Å². The zero-order chi connectivity index (χ0) is 21.5. The van der Waals surface area contributed by atoms with Gasteiger partial charge in [0.25, 0.3) is 11.7 Å². The van der Waals surface area contributed by atoms with Gasteiger partial charge in [-0.05, 0) is 78.9 Å². The molecule has 0 bridgehead atoms. The Hall–Kier alpha value is -3.12. The third-order valence-electron chi connectivity index (χ3n) is 6.22. The summed E-state index contributed by atoms with van der Waals surface area (Å²) in [6.45, 7) is 2.12. The summed E-state index contributed by atoms with van der Waals surface area (Å²) in [5.74, 6) is -0.783. The number of Topliss-reactive ketones (excluding diaryl/α,β-unsaturated/α-hetero) is 1. The van der Waals surface area contributed by atoms with E-state index in [1.165, 1.54) is 33.8 Å². The number of carbonyl (C=O) groups is 2. The average molecular weight is 434 g/mol. The number of benzene rings is 1. The minimum absolute atomic E-state index is 0.105. The van der Waals surface area contributed by atoms with Crippen molar-refractivity contribution in [2.45, 2.75) is 45.2 Å². The van der Waals surface area contributed by atoms with E-state index in [-0.39, 0.29) is 17.9 Å². The highest BCUT2D eigenvalue weighted by Crippen LogP contribution is 2.43. The summed E-state index contributed by atoms with van der Waals surface area (Å²) >= 11 is 1.48. The highest BCUT2D eigenvalue weighted by Gasteiger charge is 2.47. The molecule has 1 atom stereocenters. The highest BCUT2D eigenvalue weighted by molar-refractivity contribution is 7.10. The number of nitrogens with zero attached hydrogens (tertiary/aromatic N) is 1. The van der Waals surface area contributed by atoms with E-state index in [9.17, 15) is 14.7 Å². The van der Waals surface area contributed by atoms with Crippen LogP contribution in [0.3, 0.4) is 0 Å². The first-order valence-corrected chi connectivity index (χ1v) is 11.4. The number of thiophene rings is 1. The van der Waals surface area contributed by atoms with E-state index < -0.39 is 17.7 Å². The summed E-state index contributed by atoms with van der Waals surface area (Å²) in [6.07, 6.45) is 5.85. The largest absolute Gasteiger partial charge is 0.507 e. The molecular formula is C25H23NO4S.